The van der Waals surface area contributed by atoms with Crippen LogP contribution in [0.25, 0.3) is 0 Å². The predicted octanol–water partition coefficient (Wildman–Crippen LogP) is 2.28. The quantitative estimate of drug-likeness (QED) is 0.856. The minimum absolute atomic E-state index is 0.690. The molecule has 0 aromatic carbocycles. The summed E-state index contributed by atoms with van der Waals surface area (Å²) < 4.78 is 0. The SMILES string of the molecule is CNc1cc(NC2C3C4CCC(C4)C23)nc(C)n1. The van der Waals surface area contributed by atoms with Gasteiger partial charge in [-0.25, -0.2) is 9.97 Å². The van der Waals surface area contributed by atoms with Crippen LogP contribution in [0, 0.1) is 30.6 Å². The Labute approximate surface area is 108 Å². The second-order valence-electron chi connectivity index (χ2n) is 6.09. The van der Waals surface area contributed by atoms with Crippen molar-refractivity contribution < 1.29 is 0 Å². The lowest BCUT2D eigenvalue weighted by molar-refractivity contribution is 0.456. The molecule has 96 valence electrons. The summed E-state index contributed by atoms with van der Waals surface area (Å²) in [6.07, 6.45) is 4.43. The minimum Gasteiger partial charge on any atom is -0.373 e. The van der Waals surface area contributed by atoms with Gasteiger partial charge in [-0.2, -0.15) is 0 Å². The number of nitrogens with zero attached hydrogens (tertiary/aromatic N) is 2. The third-order valence-corrected chi connectivity index (χ3v) is 5.14. The first kappa shape index (κ1) is 10.6. The minimum atomic E-state index is 0.690. The molecule has 18 heavy (non-hydrogen) atoms. The van der Waals surface area contributed by atoms with Crippen molar-refractivity contribution in [2.24, 2.45) is 23.7 Å². The molecule has 3 aliphatic rings. The van der Waals surface area contributed by atoms with Crippen LogP contribution in [0.5, 0.6) is 0 Å². The topological polar surface area (TPSA) is 49.8 Å². The molecule has 4 rings (SSSR count). The first-order valence-electron chi connectivity index (χ1n) is 7.06. The van der Waals surface area contributed by atoms with Gasteiger partial charge in [-0.05, 0) is 49.9 Å². The molecule has 3 saturated carbocycles. The normalized spacial score (nSPS) is 39.6. The van der Waals surface area contributed by atoms with E-state index in [0.29, 0.717) is 6.04 Å². The number of rotatable bonds is 3. The van der Waals surface area contributed by atoms with Gasteiger partial charge in [-0.1, -0.05) is 0 Å². The third-order valence-electron chi connectivity index (χ3n) is 5.14. The van der Waals surface area contributed by atoms with Crippen LogP contribution < -0.4 is 10.6 Å². The van der Waals surface area contributed by atoms with E-state index in [9.17, 15) is 0 Å². The molecule has 4 heteroatoms. The van der Waals surface area contributed by atoms with Gasteiger partial charge < -0.3 is 10.6 Å². The summed E-state index contributed by atoms with van der Waals surface area (Å²) in [5, 5.41) is 6.73. The van der Waals surface area contributed by atoms with Gasteiger partial charge >= 0.3 is 0 Å². The summed E-state index contributed by atoms with van der Waals surface area (Å²) in [5.41, 5.74) is 0. The first-order valence-corrected chi connectivity index (χ1v) is 7.06. The molecule has 2 N–H and O–H groups in total. The van der Waals surface area contributed by atoms with Crippen LogP contribution in [0.15, 0.2) is 6.07 Å². The molecule has 4 atom stereocenters. The lowest BCUT2D eigenvalue weighted by Crippen LogP contribution is -2.14. The highest BCUT2D eigenvalue weighted by atomic mass is 15.1. The van der Waals surface area contributed by atoms with Crippen LogP contribution in [0.2, 0.25) is 0 Å². The zero-order chi connectivity index (χ0) is 12.3. The van der Waals surface area contributed by atoms with Crippen molar-refractivity contribution in [2.75, 3.05) is 17.7 Å². The van der Waals surface area contributed by atoms with Gasteiger partial charge in [-0.3, -0.25) is 0 Å². The molecule has 0 saturated heterocycles. The van der Waals surface area contributed by atoms with E-state index in [4.69, 9.17) is 0 Å². The van der Waals surface area contributed by atoms with Gasteiger partial charge in [0.2, 0.25) is 0 Å². The second kappa shape index (κ2) is 3.59. The maximum atomic E-state index is 4.50. The van der Waals surface area contributed by atoms with Crippen LogP contribution >= 0.6 is 0 Å². The first-order chi connectivity index (χ1) is 8.76. The van der Waals surface area contributed by atoms with E-state index in [1.807, 2.05) is 20.0 Å². The molecule has 3 fully saturated rings. The van der Waals surface area contributed by atoms with Crippen LogP contribution in [-0.2, 0) is 0 Å². The Morgan fingerprint density at radius 2 is 1.78 bits per heavy atom. The van der Waals surface area contributed by atoms with Crippen molar-refractivity contribution in [3.8, 4) is 0 Å². The molecule has 3 aliphatic carbocycles. The number of hydrogen-bond acceptors (Lipinski definition) is 4. The van der Waals surface area contributed by atoms with E-state index in [0.717, 1.165) is 41.1 Å². The van der Waals surface area contributed by atoms with Crippen LogP contribution in [0.3, 0.4) is 0 Å². The highest BCUT2D eigenvalue weighted by Crippen LogP contribution is 2.66. The zero-order valence-electron chi connectivity index (χ0n) is 11.0. The highest BCUT2D eigenvalue weighted by molar-refractivity contribution is 5.49. The molecular weight excluding hydrogens is 224 g/mol. The molecular formula is C14H20N4. The molecule has 4 nitrogen and oxygen atoms in total. The van der Waals surface area contributed by atoms with Crippen molar-refractivity contribution in [1.82, 2.24) is 9.97 Å². The van der Waals surface area contributed by atoms with E-state index in [1.165, 1.54) is 19.3 Å². The average molecular weight is 244 g/mol. The molecule has 1 heterocycles. The van der Waals surface area contributed by atoms with Crippen LogP contribution in [0.1, 0.15) is 25.1 Å². The third kappa shape index (κ3) is 1.44. The monoisotopic (exact) mass is 244 g/mol. The lowest BCUT2D eigenvalue weighted by Gasteiger charge is -2.12. The fraction of sp³-hybridized carbons (Fsp3) is 0.714. The summed E-state index contributed by atoms with van der Waals surface area (Å²) in [6.45, 7) is 1.95. The highest BCUT2D eigenvalue weighted by Gasteiger charge is 2.65. The van der Waals surface area contributed by atoms with Gasteiger partial charge in [-0.15, -0.1) is 0 Å². The predicted molar refractivity (Wildman–Crippen MR) is 71.5 cm³/mol. The molecule has 4 unspecified atom stereocenters. The summed E-state index contributed by atoms with van der Waals surface area (Å²) >= 11 is 0. The number of aryl methyl sites for hydroxylation is 1. The maximum Gasteiger partial charge on any atom is 0.132 e. The van der Waals surface area contributed by atoms with E-state index in [1.54, 1.807) is 0 Å². The van der Waals surface area contributed by atoms with E-state index >= 15 is 0 Å². The molecule has 2 bridgehead atoms. The Bertz CT molecular complexity index is 471. The molecule has 0 aliphatic heterocycles. The summed E-state index contributed by atoms with van der Waals surface area (Å²) in [7, 11) is 1.90. The summed E-state index contributed by atoms with van der Waals surface area (Å²) in [6, 6.07) is 2.71. The van der Waals surface area contributed by atoms with Gasteiger partial charge in [0.1, 0.15) is 17.5 Å². The van der Waals surface area contributed by atoms with Gasteiger partial charge in [0.15, 0.2) is 0 Å². The van der Waals surface area contributed by atoms with Crippen molar-refractivity contribution in [3.63, 3.8) is 0 Å². The number of hydrogen-bond donors (Lipinski definition) is 2. The Morgan fingerprint density at radius 1 is 1.11 bits per heavy atom. The van der Waals surface area contributed by atoms with Crippen molar-refractivity contribution >= 4 is 11.6 Å². The lowest BCUT2D eigenvalue weighted by atomic mass is 10.0. The fourth-order valence-electron chi connectivity index (χ4n) is 4.46. The largest absolute Gasteiger partial charge is 0.373 e. The number of aromatic nitrogens is 2. The molecule has 1 aromatic heterocycles. The molecule has 0 amide bonds. The van der Waals surface area contributed by atoms with Gasteiger partial charge in [0.05, 0.1) is 0 Å². The molecule has 0 radical (unpaired) electrons. The average Bonchev–Trinajstić information content (AvgIpc) is 2.76. The van der Waals surface area contributed by atoms with E-state index in [-0.39, 0.29) is 0 Å². The number of nitrogens with one attached hydrogen (secondary N) is 2. The Balaban J connectivity index is 1.51. The van der Waals surface area contributed by atoms with Crippen molar-refractivity contribution in [1.29, 1.82) is 0 Å². The van der Waals surface area contributed by atoms with Crippen LogP contribution in [-0.4, -0.2) is 23.1 Å². The van der Waals surface area contributed by atoms with E-state index in [2.05, 4.69) is 20.6 Å². The smallest absolute Gasteiger partial charge is 0.132 e. The van der Waals surface area contributed by atoms with Crippen molar-refractivity contribution in [2.45, 2.75) is 32.2 Å². The number of anilines is 2. The van der Waals surface area contributed by atoms with Gasteiger partial charge in [0.25, 0.3) is 0 Å². The van der Waals surface area contributed by atoms with Crippen molar-refractivity contribution in [3.05, 3.63) is 11.9 Å². The summed E-state index contributed by atoms with van der Waals surface area (Å²) in [4.78, 5) is 8.83. The molecule has 1 aromatic rings. The Hall–Kier alpha value is -1.32. The van der Waals surface area contributed by atoms with Gasteiger partial charge in [0, 0.05) is 19.2 Å². The van der Waals surface area contributed by atoms with Crippen LogP contribution in [0.4, 0.5) is 11.6 Å². The summed E-state index contributed by atoms with van der Waals surface area (Å²) in [5.74, 6) is 6.62. The standard InChI is InChI=1S/C14H20N4/c1-7-16-10(15-2)6-11(17-7)18-14-12-8-3-4-9(5-8)13(12)14/h6,8-9,12-14H,3-5H2,1-2H3,(H2,15,16,17,18). The Kier molecular flexibility index (Phi) is 2.11. The van der Waals surface area contributed by atoms with E-state index < -0.39 is 0 Å². The molecule has 0 spiro atoms. The Morgan fingerprint density at radius 3 is 2.44 bits per heavy atom. The maximum absolute atomic E-state index is 4.50. The second-order valence-corrected chi connectivity index (χ2v) is 6.09. The zero-order valence-corrected chi connectivity index (χ0v) is 11.0. The number of fused-ring (bicyclic) bond motifs is 5. The fourth-order valence-corrected chi connectivity index (χ4v) is 4.46.